The van der Waals surface area contributed by atoms with E-state index in [1.54, 1.807) is 0 Å². The van der Waals surface area contributed by atoms with Crippen molar-refractivity contribution in [2.24, 2.45) is 5.41 Å². The van der Waals surface area contributed by atoms with Gasteiger partial charge in [-0.15, -0.1) is 0 Å². The van der Waals surface area contributed by atoms with E-state index >= 15 is 0 Å². The van der Waals surface area contributed by atoms with Crippen molar-refractivity contribution in [3.63, 3.8) is 0 Å². The van der Waals surface area contributed by atoms with Gasteiger partial charge in [-0.3, -0.25) is 14.4 Å². The monoisotopic (exact) mass is 427 g/mol. The van der Waals surface area contributed by atoms with Gasteiger partial charge < -0.3 is 24.9 Å². The Balaban J connectivity index is 2.25. The standard InChI is InChI=1S/C17H22ClN5O6/c1-9(24)27-6-17(7-28-10(2)25,8-29-11(3)26)5-4-12-20-13-14(18)22-16(19)23-15(13)21-12/h4-8H2,1-3H3,(H3,19,20,21,22,23). The average molecular weight is 428 g/mol. The molecule has 2 rings (SSSR count). The molecule has 3 N–H and O–H groups in total. The number of fused-ring (bicyclic) bond motifs is 1. The molecule has 158 valence electrons. The van der Waals surface area contributed by atoms with Crippen LogP contribution in [0, 0.1) is 5.41 Å². The number of carbonyl (C=O) groups excluding carboxylic acids is 3. The first-order valence-corrected chi connectivity index (χ1v) is 9.06. The Morgan fingerprint density at radius 2 is 1.48 bits per heavy atom. The molecule has 0 bridgehead atoms. The number of nitrogens with zero attached hydrogens (tertiary/aromatic N) is 3. The lowest BCUT2D eigenvalue weighted by Crippen LogP contribution is -2.39. The molecule has 29 heavy (non-hydrogen) atoms. The van der Waals surface area contributed by atoms with E-state index in [1.165, 1.54) is 20.8 Å². The Hall–Kier alpha value is -2.95. The first-order chi connectivity index (χ1) is 13.6. The van der Waals surface area contributed by atoms with Crippen molar-refractivity contribution in [2.75, 3.05) is 25.6 Å². The van der Waals surface area contributed by atoms with Crippen molar-refractivity contribution in [2.45, 2.75) is 33.6 Å². The second kappa shape index (κ2) is 9.50. The van der Waals surface area contributed by atoms with Gasteiger partial charge in [0.25, 0.3) is 0 Å². The molecule has 0 radical (unpaired) electrons. The van der Waals surface area contributed by atoms with Crippen molar-refractivity contribution in [1.82, 2.24) is 19.9 Å². The summed E-state index contributed by atoms with van der Waals surface area (Å²) in [7, 11) is 0. The lowest BCUT2D eigenvalue weighted by Gasteiger charge is -2.31. The van der Waals surface area contributed by atoms with Crippen molar-refractivity contribution >= 4 is 46.6 Å². The number of hydrogen-bond acceptors (Lipinski definition) is 10. The van der Waals surface area contributed by atoms with Crippen molar-refractivity contribution in [1.29, 1.82) is 0 Å². The number of nitrogen functional groups attached to an aromatic ring is 1. The lowest BCUT2D eigenvalue weighted by atomic mass is 9.85. The van der Waals surface area contributed by atoms with Crippen LogP contribution in [0.1, 0.15) is 33.0 Å². The first-order valence-electron chi connectivity index (χ1n) is 8.68. The number of nitrogens with one attached hydrogen (secondary N) is 1. The predicted octanol–water partition coefficient (Wildman–Crippen LogP) is 1.20. The van der Waals surface area contributed by atoms with Crippen LogP contribution in [0.3, 0.4) is 0 Å². The molecular weight excluding hydrogens is 406 g/mol. The highest BCUT2D eigenvalue weighted by molar-refractivity contribution is 6.33. The van der Waals surface area contributed by atoms with Crippen LogP contribution in [0.25, 0.3) is 11.2 Å². The number of H-pyrrole nitrogens is 1. The molecule has 0 aliphatic carbocycles. The maximum Gasteiger partial charge on any atom is 0.302 e. The van der Waals surface area contributed by atoms with Crippen molar-refractivity contribution in [3.8, 4) is 0 Å². The number of hydrogen-bond donors (Lipinski definition) is 2. The zero-order valence-electron chi connectivity index (χ0n) is 16.3. The summed E-state index contributed by atoms with van der Waals surface area (Å²) in [6.07, 6.45) is 0.636. The van der Waals surface area contributed by atoms with E-state index in [4.69, 9.17) is 31.5 Å². The Morgan fingerprint density at radius 1 is 0.966 bits per heavy atom. The third-order valence-electron chi connectivity index (χ3n) is 4.01. The summed E-state index contributed by atoms with van der Waals surface area (Å²) in [4.78, 5) is 49.2. The number of esters is 3. The first kappa shape index (κ1) is 22.3. The number of rotatable bonds is 9. The predicted molar refractivity (Wildman–Crippen MR) is 102 cm³/mol. The van der Waals surface area contributed by atoms with E-state index < -0.39 is 23.3 Å². The minimum Gasteiger partial charge on any atom is -0.465 e. The van der Waals surface area contributed by atoms with Gasteiger partial charge in [0.2, 0.25) is 5.95 Å². The molecular formula is C17H22ClN5O6. The van der Waals surface area contributed by atoms with Crippen LogP contribution in [0.4, 0.5) is 5.95 Å². The third kappa shape index (κ3) is 6.56. The average Bonchev–Trinajstić information content (AvgIpc) is 3.03. The normalized spacial score (nSPS) is 11.3. The molecule has 2 heterocycles. The van der Waals surface area contributed by atoms with Crippen LogP contribution in [0.2, 0.25) is 5.15 Å². The van der Waals surface area contributed by atoms with E-state index in [-0.39, 0.29) is 30.9 Å². The topological polar surface area (TPSA) is 159 Å². The van der Waals surface area contributed by atoms with E-state index in [0.29, 0.717) is 29.8 Å². The summed E-state index contributed by atoms with van der Waals surface area (Å²) in [5.74, 6) is -1.03. The van der Waals surface area contributed by atoms with Gasteiger partial charge in [-0.25, -0.2) is 4.98 Å². The number of aromatic amines is 1. The zero-order valence-corrected chi connectivity index (χ0v) is 17.0. The summed E-state index contributed by atoms with van der Waals surface area (Å²) in [6.45, 7) is 3.43. The highest BCUT2D eigenvalue weighted by Crippen LogP contribution is 2.28. The molecule has 2 aromatic heterocycles. The Morgan fingerprint density at radius 3 is 1.97 bits per heavy atom. The second-order valence-corrected chi connectivity index (χ2v) is 6.95. The molecule has 0 aromatic carbocycles. The van der Waals surface area contributed by atoms with Crippen LogP contribution in [0.5, 0.6) is 0 Å². The fourth-order valence-corrected chi connectivity index (χ4v) is 2.75. The molecule has 0 aliphatic heterocycles. The van der Waals surface area contributed by atoms with E-state index in [9.17, 15) is 14.4 Å². The molecule has 12 heteroatoms. The number of ether oxygens (including phenoxy) is 3. The van der Waals surface area contributed by atoms with Gasteiger partial charge in [0, 0.05) is 27.2 Å². The van der Waals surface area contributed by atoms with Gasteiger partial charge in [0.1, 0.15) is 31.2 Å². The molecule has 0 unspecified atom stereocenters. The van der Waals surface area contributed by atoms with Crippen molar-refractivity contribution in [3.05, 3.63) is 11.0 Å². The molecule has 2 aromatic rings. The number of carbonyl (C=O) groups is 3. The quantitative estimate of drug-likeness (QED) is 0.338. The van der Waals surface area contributed by atoms with Gasteiger partial charge in [-0.05, 0) is 6.42 Å². The van der Waals surface area contributed by atoms with Gasteiger partial charge in [0.15, 0.2) is 10.8 Å². The van der Waals surface area contributed by atoms with Crippen molar-refractivity contribution < 1.29 is 28.6 Å². The highest BCUT2D eigenvalue weighted by atomic mass is 35.5. The van der Waals surface area contributed by atoms with Gasteiger partial charge >= 0.3 is 17.9 Å². The molecule has 0 saturated heterocycles. The van der Waals surface area contributed by atoms with Crippen LogP contribution in [-0.4, -0.2) is 57.7 Å². The summed E-state index contributed by atoms with van der Waals surface area (Å²) >= 11 is 6.04. The van der Waals surface area contributed by atoms with Crippen LogP contribution in [0.15, 0.2) is 0 Å². The number of anilines is 1. The number of aromatic nitrogens is 4. The molecule has 0 spiro atoms. The largest absolute Gasteiger partial charge is 0.465 e. The zero-order chi connectivity index (χ0) is 21.6. The summed E-state index contributed by atoms with van der Waals surface area (Å²) < 4.78 is 15.4. The smallest absolute Gasteiger partial charge is 0.302 e. The molecule has 0 amide bonds. The molecule has 0 atom stereocenters. The van der Waals surface area contributed by atoms with E-state index in [1.807, 2.05) is 0 Å². The fourth-order valence-electron chi connectivity index (χ4n) is 2.53. The highest BCUT2D eigenvalue weighted by Gasteiger charge is 2.35. The third-order valence-corrected chi connectivity index (χ3v) is 4.28. The fraction of sp³-hybridized carbons (Fsp3) is 0.529. The summed E-state index contributed by atoms with van der Waals surface area (Å²) in [5, 5.41) is 0.136. The van der Waals surface area contributed by atoms with Crippen LogP contribution < -0.4 is 5.73 Å². The number of halogens is 1. The lowest BCUT2D eigenvalue weighted by molar-refractivity contribution is -0.159. The second-order valence-electron chi connectivity index (χ2n) is 6.60. The van der Waals surface area contributed by atoms with E-state index in [2.05, 4.69) is 19.9 Å². The molecule has 11 nitrogen and oxygen atoms in total. The number of nitrogens with two attached hydrogens (primary N) is 1. The maximum absolute atomic E-state index is 11.3. The number of aryl methyl sites for hydroxylation is 1. The van der Waals surface area contributed by atoms with Crippen LogP contribution >= 0.6 is 11.6 Å². The van der Waals surface area contributed by atoms with Gasteiger partial charge in [-0.1, -0.05) is 11.6 Å². The molecule has 0 saturated carbocycles. The summed E-state index contributed by atoms with van der Waals surface area (Å²) in [6, 6.07) is 0. The minimum absolute atomic E-state index is 0.00512. The molecule has 0 fully saturated rings. The number of imidazole rings is 1. The summed E-state index contributed by atoms with van der Waals surface area (Å²) in [5.41, 5.74) is 5.35. The SMILES string of the molecule is CC(=O)OCC(CCc1nc2nc(N)nc(Cl)c2[nH]1)(COC(C)=O)COC(C)=O. The Bertz CT molecular complexity index is 870. The Kier molecular flexibility index (Phi) is 7.32. The van der Waals surface area contributed by atoms with Gasteiger partial charge in [-0.2, -0.15) is 9.97 Å². The Labute approximate surface area is 171 Å². The minimum atomic E-state index is -0.962. The van der Waals surface area contributed by atoms with Gasteiger partial charge in [0.05, 0.1) is 5.41 Å². The van der Waals surface area contributed by atoms with E-state index in [0.717, 1.165) is 0 Å². The van der Waals surface area contributed by atoms with Crippen LogP contribution in [-0.2, 0) is 35.0 Å². The maximum atomic E-state index is 11.3. The molecule has 0 aliphatic rings.